The molecule has 0 aromatic rings. The van der Waals surface area contributed by atoms with E-state index in [-0.39, 0.29) is 11.9 Å². The number of rotatable bonds is 4. The van der Waals surface area contributed by atoms with Crippen LogP contribution in [0.4, 0.5) is 0 Å². The van der Waals surface area contributed by atoms with E-state index in [0.717, 1.165) is 12.8 Å². The summed E-state index contributed by atoms with van der Waals surface area (Å²) in [7, 11) is 0. The molecule has 120 valence electrons. The van der Waals surface area contributed by atoms with Crippen LogP contribution in [0.5, 0.6) is 0 Å². The average molecular weight is 298 g/mol. The van der Waals surface area contributed by atoms with Gasteiger partial charge in [-0.15, -0.1) is 0 Å². The first-order valence-electron chi connectivity index (χ1n) is 7.73. The van der Waals surface area contributed by atoms with Gasteiger partial charge in [-0.3, -0.25) is 9.59 Å². The molecule has 6 nitrogen and oxygen atoms in total. The molecule has 2 saturated heterocycles. The predicted octanol–water partition coefficient (Wildman–Crippen LogP) is 0.618. The summed E-state index contributed by atoms with van der Waals surface area (Å²) in [5, 5.41) is 15.2. The zero-order valence-corrected chi connectivity index (χ0v) is 12.9. The summed E-state index contributed by atoms with van der Waals surface area (Å²) in [5.41, 5.74) is -0.444. The molecule has 0 unspecified atom stereocenters. The number of carbonyl (C=O) groups is 2. The van der Waals surface area contributed by atoms with Gasteiger partial charge in [0, 0.05) is 37.8 Å². The lowest BCUT2D eigenvalue weighted by atomic mass is 9.73. The first-order valence-corrected chi connectivity index (χ1v) is 7.73. The summed E-state index contributed by atoms with van der Waals surface area (Å²) in [4.78, 5) is 23.6. The van der Waals surface area contributed by atoms with Crippen molar-refractivity contribution in [2.24, 2.45) is 17.3 Å². The molecule has 2 aliphatic heterocycles. The van der Waals surface area contributed by atoms with Crippen molar-refractivity contribution in [3.8, 4) is 0 Å². The average Bonchev–Trinajstić information content (AvgIpc) is 2.48. The number of amides is 1. The van der Waals surface area contributed by atoms with E-state index in [1.54, 1.807) is 0 Å². The maximum atomic E-state index is 12.6. The summed E-state index contributed by atoms with van der Waals surface area (Å²) in [6, 6.07) is -0.105. The fourth-order valence-corrected chi connectivity index (χ4v) is 3.22. The molecule has 2 rings (SSSR count). The van der Waals surface area contributed by atoms with Crippen LogP contribution in [0.15, 0.2) is 0 Å². The van der Waals surface area contributed by atoms with Crippen molar-refractivity contribution in [2.75, 3.05) is 26.3 Å². The van der Waals surface area contributed by atoms with E-state index in [2.05, 4.69) is 10.6 Å². The summed E-state index contributed by atoms with van der Waals surface area (Å²) < 4.78 is 5.36. The standard InChI is InChI=1S/C15H26N2O4/c1-15(2,11-3-5-21-6-4-11)14(20)17-12-7-10(13(18)19)8-16-9-12/h10-12,16H,3-9H2,1-2H3,(H,17,20)(H,18,19)/t10-,12+/m1/s1. The van der Waals surface area contributed by atoms with Crippen LogP contribution < -0.4 is 10.6 Å². The Bertz CT molecular complexity index is 391. The summed E-state index contributed by atoms with van der Waals surface area (Å²) >= 11 is 0. The van der Waals surface area contributed by atoms with Gasteiger partial charge in [0.2, 0.25) is 5.91 Å². The number of piperidine rings is 1. The third kappa shape index (κ3) is 3.95. The van der Waals surface area contributed by atoms with E-state index in [1.165, 1.54) is 0 Å². The minimum atomic E-state index is -0.801. The number of nitrogens with one attached hydrogen (secondary N) is 2. The molecule has 0 spiro atoms. The summed E-state index contributed by atoms with van der Waals surface area (Å²) in [5.74, 6) is -0.884. The number of carboxylic acids is 1. The van der Waals surface area contributed by atoms with Crippen molar-refractivity contribution in [1.29, 1.82) is 0 Å². The maximum absolute atomic E-state index is 12.6. The number of hydrogen-bond acceptors (Lipinski definition) is 4. The van der Waals surface area contributed by atoms with Crippen molar-refractivity contribution in [3.63, 3.8) is 0 Å². The molecule has 2 aliphatic rings. The van der Waals surface area contributed by atoms with Crippen LogP contribution in [0.2, 0.25) is 0 Å². The molecule has 21 heavy (non-hydrogen) atoms. The zero-order valence-electron chi connectivity index (χ0n) is 12.9. The predicted molar refractivity (Wildman–Crippen MR) is 77.9 cm³/mol. The molecular weight excluding hydrogens is 272 g/mol. The van der Waals surface area contributed by atoms with Gasteiger partial charge in [0.05, 0.1) is 5.92 Å². The number of carbonyl (C=O) groups excluding carboxylic acids is 1. The van der Waals surface area contributed by atoms with Crippen LogP contribution in [-0.4, -0.2) is 49.3 Å². The van der Waals surface area contributed by atoms with E-state index in [4.69, 9.17) is 9.84 Å². The van der Waals surface area contributed by atoms with Gasteiger partial charge in [-0.1, -0.05) is 13.8 Å². The normalized spacial score (nSPS) is 28.1. The highest BCUT2D eigenvalue weighted by atomic mass is 16.5. The van der Waals surface area contributed by atoms with Crippen molar-refractivity contribution < 1.29 is 19.4 Å². The van der Waals surface area contributed by atoms with E-state index in [1.807, 2.05) is 13.8 Å². The smallest absolute Gasteiger partial charge is 0.307 e. The minimum absolute atomic E-state index is 0.0206. The topological polar surface area (TPSA) is 87.7 Å². The van der Waals surface area contributed by atoms with Gasteiger partial charge in [0.25, 0.3) is 0 Å². The Kier molecular flexibility index (Phi) is 5.22. The van der Waals surface area contributed by atoms with Crippen molar-refractivity contribution >= 4 is 11.9 Å². The quantitative estimate of drug-likeness (QED) is 0.708. The SMILES string of the molecule is CC(C)(C(=O)N[C@@H]1CNC[C@H](C(=O)O)C1)C1CCOCC1. The highest BCUT2D eigenvalue weighted by Crippen LogP contribution is 2.34. The monoisotopic (exact) mass is 298 g/mol. The van der Waals surface area contributed by atoms with Gasteiger partial charge in [-0.25, -0.2) is 0 Å². The number of hydrogen-bond donors (Lipinski definition) is 3. The largest absolute Gasteiger partial charge is 0.481 e. The molecule has 0 saturated carbocycles. The second kappa shape index (κ2) is 6.75. The van der Waals surface area contributed by atoms with Gasteiger partial charge in [-0.05, 0) is 25.2 Å². The van der Waals surface area contributed by atoms with E-state index in [9.17, 15) is 9.59 Å². The first-order chi connectivity index (χ1) is 9.91. The molecule has 0 bridgehead atoms. The molecule has 2 fully saturated rings. The van der Waals surface area contributed by atoms with Crippen molar-refractivity contribution in [2.45, 2.75) is 39.2 Å². The highest BCUT2D eigenvalue weighted by Gasteiger charge is 2.39. The van der Waals surface area contributed by atoms with E-state index < -0.39 is 17.3 Å². The molecule has 3 N–H and O–H groups in total. The fraction of sp³-hybridized carbons (Fsp3) is 0.867. The molecule has 1 amide bonds. The van der Waals surface area contributed by atoms with Crippen LogP contribution in [0, 0.1) is 17.3 Å². The van der Waals surface area contributed by atoms with Gasteiger partial charge in [-0.2, -0.15) is 0 Å². The second-order valence-corrected chi connectivity index (χ2v) is 6.71. The first kappa shape index (κ1) is 16.2. The Morgan fingerprint density at radius 1 is 1.24 bits per heavy atom. The van der Waals surface area contributed by atoms with Crippen molar-refractivity contribution in [1.82, 2.24) is 10.6 Å². The van der Waals surface area contributed by atoms with Crippen LogP contribution in [0.3, 0.4) is 0 Å². The second-order valence-electron chi connectivity index (χ2n) is 6.71. The van der Waals surface area contributed by atoms with Gasteiger partial charge >= 0.3 is 5.97 Å². The van der Waals surface area contributed by atoms with Crippen LogP contribution in [0.25, 0.3) is 0 Å². The Labute approximate surface area is 125 Å². The van der Waals surface area contributed by atoms with E-state index in [0.29, 0.717) is 38.6 Å². The third-order valence-electron chi connectivity index (χ3n) is 4.86. The Hall–Kier alpha value is -1.14. The molecule has 2 atom stereocenters. The highest BCUT2D eigenvalue weighted by molar-refractivity contribution is 5.82. The van der Waals surface area contributed by atoms with Crippen LogP contribution in [-0.2, 0) is 14.3 Å². The van der Waals surface area contributed by atoms with E-state index >= 15 is 0 Å². The van der Waals surface area contributed by atoms with Crippen molar-refractivity contribution in [3.05, 3.63) is 0 Å². The lowest BCUT2D eigenvalue weighted by Crippen LogP contribution is -2.54. The Morgan fingerprint density at radius 2 is 1.90 bits per heavy atom. The third-order valence-corrected chi connectivity index (χ3v) is 4.86. The van der Waals surface area contributed by atoms with Gasteiger partial charge in [0.1, 0.15) is 0 Å². The van der Waals surface area contributed by atoms with Crippen LogP contribution >= 0.6 is 0 Å². The Balaban J connectivity index is 1.91. The Morgan fingerprint density at radius 3 is 2.52 bits per heavy atom. The number of ether oxygens (including phenoxy) is 1. The molecule has 0 radical (unpaired) electrons. The lowest BCUT2D eigenvalue weighted by molar-refractivity contribution is -0.143. The van der Waals surface area contributed by atoms with Gasteiger partial charge in [0.15, 0.2) is 0 Å². The molecule has 6 heteroatoms. The summed E-state index contributed by atoms with van der Waals surface area (Å²) in [6.45, 7) is 6.50. The molecule has 2 heterocycles. The molecule has 0 aromatic heterocycles. The maximum Gasteiger partial charge on any atom is 0.307 e. The number of aliphatic carboxylic acids is 1. The fourth-order valence-electron chi connectivity index (χ4n) is 3.22. The molecule has 0 aliphatic carbocycles. The minimum Gasteiger partial charge on any atom is -0.481 e. The molecule has 0 aromatic carbocycles. The number of carboxylic acid groups (broad SMARTS) is 1. The zero-order chi connectivity index (χ0) is 15.5. The van der Waals surface area contributed by atoms with Gasteiger partial charge < -0.3 is 20.5 Å². The lowest BCUT2D eigenvalue weighted by Gasteiger charge is -2.37. The molecular formula is C15H26N2O4. The van der Waals surface area contributed by atoms with Crippen LogP contribution in [0.1, 0.15) is 33.1 Å². The summed E-state index contributed by atoms with van der Waals surface area (Å²) in [6.07, 6.45) is 2.31.